The Morgan fingerprint density at radius 3 is 2.46 bits per heavy atom. The molecule has 0 saturated carbocycles. The van der Waals surface area contributed by atoms with Gasteiger partial charge in [0, 0.05) is 54.8 Å². The molecule has 35 heavy (non-hydrogen) atoms. The zero-order chi connectivity index (χ0) is 24.2. The van der Waals surface area contributed by atoms with E-state index in [-0.39, 0.29) is 12.1 Å². The van der Waals surface area contributed by atoms with Gasteiger partial charge in [0.05, 0.1) is 0 Å². The Morgan fingerprint density at radius 2 is 1.69 bits per heavy atom. The number of amides is 2. The zero-order valence-corrected chi connectivity index (χ0v) is 20.4. The first-order chi connectivity index (χ1) is 17.0. The SMILES string of the molecule is Cc1ccc(NC(=O)Nc2cccc(N3CCN(CC4COc5ccccc5O4)CC3)c2)cc1Cl. The molecule has 0 radical (unpaired) electrons. The lowest BCUT2D eigenvalue weighted by atomic mass is 10.2. The third-order valence-corrected chi connectivity index (χ3v) is 6.71. The molecule has 5 rings (SSSR count). The highest BCUT2D eigenvalue weighted by molar-refractivity contribution is 6.31. The van der Waals surface area contributed by atoms with E-state index in [1.807, 2.05) is 61.5 Å². The van der Waals surface area contributed by atoms with Crippen LogP contribution in [0.15, 0.2) is 66.7 Å². The number of nitrogens with one attached hydrogen (secondary N) is 2. The van der Waals surface area contributed by atoms with E-state index >= 15 is 0 Å². The maximum atomic E-state index is 12.5. The fraction of sp³-hybridized carbons (Fsp3) is 0.296. The van der Waals surface area contributed by atoms with Crippen molar-refractivity contribution in [3.63, 3.8) is 0 Å². The fourth-order valence-corrected chi connectivity index (χ4v) is 4.55. The normalized spacial score (nSPS) is 17.7. The molecule has 2 heterocycles. The molecular weight excluding hydrogens is 464 g/mol. The summed E-state index contributed by atoms with van der Waals surface area (Å²) in [4.78, 5) is 17.2. The van der Waals surface area contributed by atoms with Crippen molar-refractivity contribution in [2.24, 2.45) is 0 Å². The maximum absolute atomic E-state index is 12.5. The molecule has 3 aromatic carbocycles. The van der Waals surface area contributed by atoms with Gasteiger partial charge in [0.2, 0.25) is 0 Å². The van der Waals surface area contributed by atoms with Crippen LogP contribution in [0.1, 0.15) is 5.56 Å². The van der Waals surface area contributed by atoms with E-state index in [1.54, 1.807) is 6.07 Å². The Balaban J connectivity index is 1.12. The number of fused-ring (bicyclic) bond motifs is 1. The summed E-state index contributed by atoms with van der Waals surface area (Å²) in [6, 6.07) is 20.9. The third kappa shape index (κ3) is 5.81. The molecule has 8 heteroatoms. The molecule has 1 atom stereocenters. The monoisotopic (exact) mass is 492 g/mol. The van der Waals surface area contributed by atoms with Gasteiger partial charge in [0.15, 0.2) is 11.5 Å². The van der Waals surface area contributed by atoms with Gasteiger partial charge >= 0.3 is 6.03 Å². The third-order valence-electron chi connectivity index (χ3n) is 6.30. The zero-order valence-electron chi connectivity index (χ0n) is 19.7. The summed E-state index contributed by atoms with van der Waals surface area (Å²) in [5.74, 6) is 1.64. The Hall–Kier alpha value is -3.42. The summed E-state index contributed by atoms with van der Waals surface area (Å²) >= 11 is 6.16. The summed E-state index contributed by atoms with van der Waals surface area (Å²) in [5.41, 5.74) is 3.45. The number of benzene rings is 3. The maximum Gasteiger partial charge on any atom is 0.323 e. The molecule has 0 bridgehead atoms. The summed E-state index contributed by atoms with van der Waals surface area (Å²) in [6.07, 6.45) is 0.0332. The number of carbonyl (C=O) groups excluding carboxylic acids is 1. The van der Waals surface area contributed by atoms with Crippen LogP contribution in [0.3, 0.4) is 0 Å². The molecule has 0 aliphatic carbocycles. The van der Waals surface area contributed by atoms with Crippen molar-refractivity contribution in [1.29, 1.82) is 0 Å². The molecule has 182 valence electrons. The van der Waals surface area contributed by atoms with E-state index in [2.05, 4.69) is 26.5 Å². The molecule has 7 nitrogen and oxygen atoms in total. The minimum Gasteiger partial charge on any atom is -0.486 e. The van der Waals surface area contributed by atoms with Gasteiger partial charge in [-0.25, -0.2) is 4.79 Å². The van der Waals surface area contributed by atoms with Gasteiger partial charge in [-0.1, -0.05) is 35.9 Å². The minimum atomic E-state index is -0.303. The van der Waals surface area contributed by atoms with Crippen LogP contribution in [0.25, 0.3) is 0 Å². The Morgan fingerprint density at radius 1 is 0.943 bits per heavy atom. The second-order valence-electron chi connectivity index (χ2n) is 8.88. The number of para-hydroxylation sites is 2. The standard InChI is InChI=1S/C27H29ClN4O3/c1-19-9-10-21(16-24(19)28)30-27(33)29-20-5-4-6-22(15-20)32-13-11-31(12-14-32)17-23-18-34-25-7-2-3-8-26(25)35-23/h2-10,15-16,23H,11-14,17-18H2,1H3,(H2,29,30,33). The van der Waals surface area contributed by atoms with Crippen molar-refractivity contribution in [1.82, 2.24) is 4.90 Å². The van der Waals surface area contributed by atoms with Gasteiger partial charge < -0.3 is 25.0 Å². The molecule has 2 aliphatic rings. The largest absolute Gasteiger partial charge is 0.486 e. The van der Waals surface area contributed by atoms with Crippen LogP contribution in [0.2, 0.25) is 5.02 Å². The summed E-state index contributed by atoms with van der Waals surface area (Å²) < 4.78 is 12.0. The molecule has 2 amide bonds. The molecule has 0 spiro atoms. The van der Waals surface area contributed by atoms with E-state index in [4.69, 9.17) is 21.1 Å². The number of hydrogen-bond acceptors (Lipinski definition) is 5. The summed E-state index contributed by atoms with van der Waals surface area (Å²) in [6.45, 7) is 7.02. The second-order valence-corrected chi connectivity index (χ2v) is 9.29. The first kappa shape index (κ1) is 23.3. The predicted octanol–water partition coefficient (Wildman–Crippen LogP) is 5.25. The quantitative estimate of drug-likeness (QED) is 0.509. The van der Waals surface area contributed by atoms with E-state index in [1.165, 1.54) is 0 Å². The van der Waals surface area contributed by atoms with E-state index in [0.29, 0.717) is 17.3 Å². The van der Waals surface area contributed by atoms with Gasteiger partial charge in [-0.3, -0.25) is 4.90 Å². The Kier molecular flexibility index (Phi) is 6.97. The van der Waals surface area contributed by atoms with Crippen molar-refractivity contribution < 1.29 is 14.3 Å². The number of carbonyl (C=O) groups is 1. The van der Waals surface area contributed by atoms with Crippen molar-refractivity contribution in [3.8, 4) is 11.5 Å². The topological polar surface area (TPSA) is 66.1 Å². The average molecular weight is 493 g/mol. The van der Waals surface area contributed by atoms with Crippen molar-refractivity contribution in [2.45, 2.75) is 13.0 Å². The van der Waals surface area contributed by atoms with Crippen LogP contribution in [0.4, 0.5) is 21.9 Å². The Labute approximate surface area is 210 Å². The highest BCUT2D eigenvalue weighted by Crippen LogP contribution is 2.31. The molecule has 1 unspecified atom stereocenters. The van der Waals surface area contributed by atoms with Crippen LogP contribution in [-0.4, -0.2) is 56.4 Å². The average Bonchev–Trinajstić information content (AvgIpc) is 2.87. The van der Waals surface area contributed by atoms with Gasteiger partial charge in [-0.05, 0) is 55.0 Å². The number of piperazine rings is 1. The van der Waals surface area contributed by atoms with Crippen LogP contribution < -0.4 is 25.0 Å². The van der Waals surface area contributed by atoms with Crippen LogP contribution in [0, 0.1) is 6.92 Å². The number of anilines is 3. The fourth-order valence-electron chi connectivity index (χ4n) is 4.37. The number of rotatable bonds is 5. The van der Waals surface area contributed by atoms with Gasteiger partial charge in [0.25, 0.3) is 0 Å². The van der Waals surface area contributed by atoms with E-state index < -0.39 is 0 Å². The van der Waals surface area contributed by atoms with Crippen LogP contribution in [0.5, 0.6) is 11.5 Å². The number of aryl methyl sites for hydroxylation is 1. The minimum absolute atomic E-state index is 0.0332. The first-order valence-corrected chi connectivity index (χ1v) is 12.2. The highest BCUT2D eigenvalue weighted by Gasteiger charge is 2.25. The lowest BCUT2D eigenvalue weighted by molar-refractivity contribution is 0.0571. The van der Waals surface area contributed by atoms with E-state index in [0.717, 1.165) is 61.2 Å². The molecular formula is C27H29ClN4O3. The van der Waals surface area contributed by atoms with Gasteiger partial charge in [0.1, 0.15) is 12.7 Å². The molecule has 1 saturated heterocycles. The lowest BCUT2D eigenvalue weighted by Crippen LogP contribution is -2.50. The summed E-state index contributed by atoms with van der Waals surface area (Å²) in [5, 5.41) is 6.37. The van der Waals surface area contributed by atoms with Crippen molar-refractivity contribution in [2.75, 3.05) is 54.9 Å². The van der Waals surface area contributed by atoms with Crippen LogP contribution in [-0.2, 0) is 0 Å². The molecule has 3 aromatic rings. The number of nitrogens with zero attached hydrogens (tertiary/aromatic N) is 2. The number of urea groups is 1. The number of hydrogen-bond donors (Lipinski definition) is 2. The van der Waals surface area contributed by atoms with Crippen molar-refractivity contribution in [3.05, 3.63) is 77.3 Å². The highest BCUT2D eigenvalue weighted by atomic mass is 35.5. The second kappa shape index (κ2) is 10.5. The van der Waals surface area contributed by atoms with Gasteiger partial charge in [-0.15, -0.1) is 0 Å². The molecule has 0 aromatic heterocycles. The number of ether oxygens (including phenoxy) is 2. The van der Waals surface area contributed by atoms with E-state index in [9.17, 15) is 4.79 Å². The smallest absolute Gasteiger partial charge is 0.323 e. The summed E-state index contributed by atoms with van der Waals surface area (Å²) in [7, 11) is 0. The predicted molar refractivity (Wildman–Crippen MR) is 140 cm³/mol. The first-order valence-electron chi connectivity index (χ1n) is 11.8. The molecule has 2 aliphatic heterocycles. The van der Waals surface area contributed by atoms with Crippen molar-refractivity contribution >= 4 is 34.7 Å². The van der Waals surface area contributed by atoms with Crippen LogP contribution >= 0.6 is 11.6 Å². The lowest BCUT2D eigenvalue weighted by Gasteiger charge is -2.38. The Bertz CT molecular complexity index is 1200. The molecule has 1 fully saturated rings. The van der Waals surface area contributed by atoms with Gasteiger partial charge in [-0.2, -0.15) is 0 Å². The molecule has 2 N–H and O–H groups in total. The number of halogens is 1.